The molecule has 1 aromatic carbocycles. The van der Waals surface area contributed by atoms with Crippen molar-refractivity contribution in [2.24, 2.45) is 5.92 Å². The van der Waals surface area contributed by atoms with Crippen molar-refractivity contribution in [3.8, 4) is 11.3 Å². The number of amides is 1. The Morgan fingerprint density at radius 3 is 3.10 bits per heavy atom. The van der Waals surface area contributed by atoms with E-state index in [1.165, 1.54) is 0 Å². The first-order valence-electron chi connectivity index (χ1n) is 10.5. The smallest absolute Gasteiger partial charge is 0.270 e. The number of H-pyrrole nitrogens is 1. The number of aryl methyl sites for hydroxylation is 1. The van der Waals surface area contributed by atoms with Gasteiger partial charge in [-0.2, -0.15) is 0 Å². The predicted octanol–water partition coefficient (Wildman–Crippen LogP) is 4.35. The minimum atomic E-state index is 0.0772. The lowest BCUT2D eigenvalue weighted by Gasteiger charge is -2.32. The Kier molecular flexibility index (Phi) is 5.38. The van der Waals surface area contributed by atoms with Gasteiger partial charge in [-0.1, -0.05) is 6.07 Å². The quantitative estimate of drug-likeness (QED) is 0.489. The minimum absolute atomic E-state index is 0.0772. The van der Waals surface area contributed by atoms with Gasteiger partial charge in [-0.3, -0.25) is 4.79 Å². The van der Waals surface area contributed by atoms with Crippen LogP contribution < -0.4 is 5.32 Å². The Bertz CT molecular complexity index is 1200. The summed E-state index contributed by atoms with van der Waals surface area (Å²) in [6, 6.07) is 11.9. The second-order valence-corrected chi connectivity index (χ2v) is 8.83. The molecular formula is C23H24N6OS. The van der Waals surface area contributed by atoms with Gasteiger partial charge in [-0.25, -0.2) is 15.0 Å². The molecule has 8 heteroatoms. The average molecular weight is 433 g/mol. The van der Waals surface area contributed by atoms with E-state index in [1.807, 2.05) is 41.6 Å². The number of carbonyl (C=O) groups is 1. The zero-order valence-corrected chi connectivity index (χ0v) is 18.2. The maximum Gasteiger partial charge on any atom is 0.270 e. The third-order valence-electron chi connectivity index (χ3n) is 5.67. The van der Waals surface area contributed by atoms with Crippen LogP contribution in [-0.2, 0) is 0 Å². The normalized spacial score (nSPS) is 16.5. The highest BCUT2D eigenvalue weighted by Gasteiger charge is 2.25. The summed E-state index contributed by atoms with van der Waals surface area (Å²) in [6.07, 6.45) is 3.90. The van der Waals surface area contributed by atoms with Crippen molar-refractivity contribution < 1.29 is 4.79 Å². The molecule has 1 fully saturated rings. The van der Waals surface area contributed by atoms with E-state index in [0.29, 0.717) is 11.6 Å². The molecule has 1 atom stereocenters. The Hall–Kier alpha value is -3.26. The van der Waals surface area contributed by atoms with Gasteiger partial charge < -0.3 is 15.2 Å². The zero-order chi connectivity index (χ0) is 21.2. The number of aromatic amines is 1. The fraction of sp³-hybridized carbons (Fsp3) is 0.304. The van der Waals surface area contributed by atoms with Crippen LogP contribution in [0.4, 0.5) is 5.82 Å². The molecule has 2 N–H and O–H groups in total. The summed E-state index contributed by atoms with van der Waals surface area (Å²) in [6.45, 7) is 4.25. The van der Waals surface area contributed by atoms with Gasteiger partial charge in [-0.15, -0.1) is 11.3 Å². The van der Waals surface area contributed by atoms with Gasteiger partial charge in [0.25, 0.3) is 5.91 Å². The molecule has 1 aliphatic rings. The summed E-state index contributed by atoms with van der Waals surface area (Å²) in [4.78, 5) is 31.2. The minimum Gasteiger partial charge on any atom is -0.370 e. The molecule has 5 rings (SSSR count). The van der Waals surface area contributed by atoms with E-state index in [9.17, 15) is 4.79 Å². The van der Waals surface area contributed by atoms with E-state index >= 15 is 0 Å². The molecule has 0 bridgehead atoms. The van der Waals surface area contributed by atoms with Crippen molar-refractivity contribution in [1.82, 2.24) is 24.8 Å². The molecule has 1 saturated heterocycles. The number of hydrogen-bond acceptors (Lipinski definition) is 6. The van der Waals surface area contributed by atoms with Gasteiger partial charge in [-0.05, 0) is 49.9 Å². The highest BCUT2D eigenvalue weighted by molar-refractivity contribution is 7.16. The van der Waals surface area contributed by atoms with E-state index in [4.69, 9.17) is 0 Å². The Morgan fingerprint density at radius 2 is 2.23 bits per heavy atom. The maximum atomic E-state index is 12.7. The average Bonchev–Trinajstić information content (AvgIpc) is 3.48. The fourth-order valence-electron chi connectivity index (χ4n) is 4.12. The lowest BCUT2D eigenvalue weighted by Crippen LogP contribution is -2.42. The lowest BCUT2D eigenvalue weighted by atomic mass is 9.97. The molecule has 4 heterocycles. The van der Waals surface area contributed by atoms with Gasteiger partial charge in [0.05, 0.1) is 21.4 Å². The SMILES string of the molecule is Cc1nc(NCC2CCCN(C(=O)c3ccc[nH]3)C2)cc(-c2ccc3ncsc3c2)n1. The van der Waals surface area contributed by atoms with Crippen LogP contribution in [0.15, 0.2) is 48.1 Å². The Balaban J connectivity index is 1.27. The van der Waals surface area contributed by atoms with Crippen LogP contribution >= 0.6 is 11.3 Å². The Morgan fingerprint density at radius 1 is 1.29 bits per heavy atom. The third kappa shape index (κ3) is 4.29. The van der Waals surface area contributed by atoms with Crippen LogP contribution in [0.2, 0.25) is 0 Å². The summed E-state index contributed by atoms with van der Waals surface area (Å²) in [5, 5.41) is 3.49. The van der Waals surface area contributed by atoms with Crippen LogP contribution in [0.5, 0.6) is 0 Å². The molecule has 0 radical (unpaired) electrons. The highest BCUT2D eigenvalue weighted by Crippen LogP contribution is 2.27. The molecule has 31 heavy (non-hydrogen) atoms. The molecular weight excluding hydrogens is 408 g/mol. The number of nitrogens with one attached hydrogen (secondary N) is 2. The fourth-order valence-corrected chi connectivity index (χ4v) is 4.84. The van der Waals surface area contributed by atoms with Crippen LogP contribution in [0.1, 0.15) is 29.2 Å². The van der Waals surface area contributed by atoms with Crippen molar-refractivity contribution in [2.75, 3.05) is 25.0 Å². The van der Waals surface area contributed by atoms with E-state index in [2.05, 4.69) is 37.4 Å². The summed E-state index contributed by atoms with van der Waals surface area (Å²) < 4.78 is 1.15. The van der Waals surface area contributed by atoms with E-state index < -0.39 is 0 Å². The number of thiazole rings is 1. The van der Waals surface area contributed by atoms with Crippen molar-refractivity contribution in [1.29, 1.82) is 0 Å². The maximum absolute atomic E-state index is 12.7. The van der Waals surface area contributed by atoms with E-state index in [-0.39, 0.29) is 5.91 Å². The highest BCUT2D eigenvalue weighted by atomic mass is 32.1. The number of piperidine rings is 1. The summed E-state index contributed by atoms with van der Waals surface area (Å²) in [5.74, 6) is 2.02. The lowest BCUT2D eigenvalue weighted by molar-refractivity contribution is 0.0675. The number of anilines is 1. The molecule has 1 aliphatic heterocycles. The monoisotopic (exact) mass is 432 g/mol. The van der Waals surface area contributed by atoms with Gasteiger partial charge in [0.1, 0.15) is 17.3 Å². The molecule has 0 spiro atoms. The molecule has 3 aromatic heterocycles. The molecule has 7 nitrogen and oxygen atoms in total. The number of fused-ring (bicyclic) bond motifs is 1. The molecule has 1 unspecified atom stereocenters. The number of aromatic nitrogens is 4. The Labute approximate surface area is 184 Å². The van der Waals surface area contributed by atoms with Crippen LogP contribution in [0.3, 0.4) is 0 Å². The van der Waals surface area contributed by atoms with E-state index in [0.717, 1.165) is 65.6 Å². The molecule has 0 saturated carbocycles. The van der Waals surface area contributed by atoms with Crippen LogP contribution in [0, 0.1) is 12.8 Å². The molecule has 0 aliphatic carbocycles. The predicted molar refractivity (Wildman–Crippen MR) is 123 cm³/mol. The number of hydrogen-bond donors (Lipinski definition) is 2. The first kappa shape index (κ1) is 19.7. The number of carbonyl (C=O) groups excluding carboxylic acids is 1. The van der Waals surface area contributed by atoms with Crippen LogP contribution in [-0.4, -0.2) is 50.4 Å². The number of nitrogens with zero attached hydrogens (tertiary/aromatic N) is 4. The zero-order valence-electron chi connectivity index (χ0n) is 17.3. The third-order valence-corrected chi connectivity index (χ3v) is 6.46. The molecule has 4 aromatic rings. The number of likely N-dealkylation sites (tertiary alicyclic amines) is 1. The number of benzene rings is 1. The van der Waals surface area contributed by atoms with Crippen molar-refractivity contribution in [3.63, 3.8) is 0 Å². The first-order valence-corrected chi connectivity index (χ1v) is 11.4. The topological polar surface area (TPSA) is 86.8 Å². The standard InChI is InChI=1S/C23H24N6OS/c1-15-27-20(17-6-7-18-21(10-17)31-14-26-18)11-22(28-15)25-12-16-4-3-9-29(13-16)23(30)19-5-2-8-24-19/h2,5-8,10-11,14,16,24H,3-4,9,12-13H2,1H3,(H,25,27,28). The van der Waals surface area contributed by atoms with E-state index in [1.54, 1.807) is 17.5 Å². The molecule has 158 valence electrons. The number of rotatable bonds is 5. The van der Waals surface area contributed by atoms with Gasteiger partial charge in [0.15, 0.2) is 0 Å². The van der Waals surface area contributed by atoms with Crippen molar-refractivity contribution in [2.45, 2.75) is 19.8 Å². The summed E-state index contributed by atoms with van der Waals surface area (Å²) >= 11 is 1.63. The van der Waals surface area contributed by atoms with Gasteiger partial charge in [0.2, 0.25) is 0 Å². The summed E-state index contributed by atoms with van der Waals surface area (Å²) in [5.41, 5.74) is 5.49. The van der Waals surface area contributed by atoms with Crippen molar-refractivity contribution in [3.05, 3.63) is 59.6 Å². The first-order chi connectivity index (χ1) is 15.2. The summed E-state index contributed by atoms with van der Waals surface area (Å²) in [7, 11) is 0. The van der Waals surface area contributed by atoms with Crippen molar-refractivity contribution >= 4 is 33.3 Å². The second kappa shape index (κ2) is 8.47. The van der Waals surface area contributed by atoms with Gasteiger partial charge in [0, 0.05) is 37.5 Å². The van der Waals surface area contributed by atoms with Crippen LogP contribution in [0.25, 0.3) is 21.5 Å². The largest absolute Gasteiger partial charge is 0.370 e. The second-order valence-electron chi connectivity index (χ2n) is 7.94. The molecule has 1 amide bonds. The van der Waals surface area contributed by atoms with Gasteiger partial charge >= 0.3 is 0 Å².